The summed E-state index contributed by atoms with van der Waals surface area (Å²) in [5.41, 5.74) is 2.34. The lowest BCUT2D eigenvalue weighted by atomic mass is 9.72. The van der Waals surface area contributed by atoms with Crippen LogP contribution in [0.1, 0.15) is 82.6 Å². The Balaban J connectivity index is 1.54. The van der Waals surface area contributed by atoms with Crippen molar-refractivity contribution >= 4 is 5.78 Å². The van der Waals surface area contributed by atoms with Gasteiger partial charge >= 0.3 is 0 Å². The lowest BCUT2D eigenvalue weighted by Crippen LogP contribution is -2.22. The number of carbonyl (C=O) groups is 1. The fourth-order valence-electron chi connectivity index (χ4n) is 4.66. The van der Waals surface area contributed by atoms with E-state index in [1.165, 1.54) is 69.1 Å². The van der Waals surface area contributed by atoms with Gasteiger partial charge in [0.25, 0.3) is 0 Å². The molecule has 2 aliphatic rings. The molecule has 1 unspecified atom stereocenters. The van der Waals surface area contributed by atoms with E-state index in [1.807, 2.05) is 6.08 Å². The molecule has 0 amide bonds. The van der Waals surface area contributed by atoms with E-state index in [0.29, 0.717) is 5.92 Å². The van der Waals surface area contributed by atoms with Crippen molar-refractivity contribution in [3.8, 4) is 0 Å². The zero-order valence-electron chi connectivity index (χ0n) is 15.5. The number of unbranched alkanes of at least 4 members (excludes halogenated alkanes) is 2. The highest BCUT2D eigenvalue weighted by molar-refractivity contribution is 5.96. The average Bonchev–Trinajstić information content (AvgIpc) is 2.63. The van der Waals surface area contributed by atoms with E-state index in [1.54, 1.807) is 12.1 Å². The maximum atomic E-state index is 13.1. The van der Waals surface area contributed by atoms with Crippen LogP contribution in [0.5, 0.6) is 0 Å². The van der Waals surface area contributed by atoms with Gasteiger partial charge in [-0.2, -0.15) is 0 Å². The first-order chi connectivity index (χ1) is 12.2. The van der Waals surface area contributed by atoms with E-state index in [4.69, 9.17) is 0 Å². The number of halogens is 1. The van der Waals surface area contributed by atoms with Crippen molar-refractivity contribution < 1.29 is 9.18 Å². The maximum Gasteiger partial charge on any atom is 0.163 e. The minimum atomic E-state index is -0.237. The molecule has 0 N–H and O–H groups in total. The van der Waals surface area contributed by atoms with Crippen molar-refractivity contribution in [2.75, 3.05) is 0 Å². The molecule has 1 nitrogen and oxygen atoms in total. The molecule has 0 aliphatic heterocycles. The van der Waals surface area contributed by atoms with E-state index < -0.39 is 0 Å². The molecular weight excluding hydrogens is 311 g/mol. The van der Waals surface area contributed by atoms with Gasteiger partial charge in [-0.3, -0.25) is 4.79 Å². The van der Waals surface area contributed by atoms with Crippen molar-refractivity contribution in [1.29, 1.82) is 0 Å². The van der Waals surface area contributed by atoms with E-state index in [2.05, 4.69) is 6.92 Å². The highest BCUT2D eigenvalue weighted by atomic mass is 19.1. The minimum absolute atomic E-state index is 0.0743. The number of benzene rings is 1. The van der Waals surface area contributed by atoms with Gasteiger partial charge in [-0.25, -0.2) is 4.39 Å². The molecule has 136 valence electrons. The van der Waals surface area contributed by atoms with Gasteiger partial charge in [0.2, 0.25) is 0 Å². The van der Waals surface area contributed by atoms with E-state index in [0.717, 1.165) is 24.3 Å². The number of hydrogen-bond donors (Lipinski definition) is 0. The van der Waals surface area contributed by atoms with Crippen molar-refractivity contribution in [1.82, 2.24) is 0 Å². The zero-order valence-corrected chi connectivity index (χ0v) is 15.5. The molecule has 1 atom stereocenters. The monoisotopic (exact) mass is 342 g/mol. The van der Waals surface area contributed by atoms with Crippen molar-refractivity contribution in [3.63, 3.8) is 0 Å². The van der Waals surface area contributed by atoms with Crippen LogP contribution < -0.4 is 0 Å². The lowest BCUT2D eigenvalue weighted by molar-refractivity contribution is -0.116. The van der Waals surface area contributed by atoms with Gasteiger partial charge in [0.1, 0.15) is 5.82 Å². The SMILES string of the molecule is CCCCCC1CCC(C2=CC(=O)C(c3ccc(F)cc3)CC2)CC1. The van der Waals surface area contributed by atoms with Crippen LogP contribution in [0, 0.1) is 17.7 Å². The number of ketones is 1. The van der Waals surface area contributed by atoms with Crippen molar-refractivity contribution in [2.45, 2.75) is 77.0 Å². The normalized spacial score (nSPS) is 27.2. The molecule has 1 aromatic rings. The van der Waals surface area contributed by atoms with Crippen LogP contribution in [0.15, 0.2) is 35.9 Å². The number of rotatable bonds is 6. The summed E-state index contributed by atoms with van der Waals surface area (Å²) in [6.45, 7) is 2.27. The third kappa shape index (κ3) is 4.80. The van der Waals surface area contributed by atoms with Gasteiger partial charge < -0.3 is 0 Å². The molecular formula is C23H31FO. The zero-order chi connectivity index (χ0) is 17.6. The van der Waals surface area contributed by atoms with Crippen LogP contribution in [0.25, 0.3) is 0 Å². The Labute approximate surface area is 151 Å². The second-order valence-electron chi connectivity index (χ2n) is 7.98. The molecule has 0 saturated heterocycles. The quantitative estimate of drug-likeness (QED) is 0.533. The van der Waals surface area contributed by atoms with Gasteiger partial charge in [-0.15, -0.1) is 0 Å². The lowest BCUT2D eigenvalue weighted by Gasteiger charge is -2.32. The standard InChI is InChI=1S/C23H31FO/c1-2-3-4-5-17-6-8-18(9-7-17)20-12-15-22(23(25)16-20)19-10-13-21(24)14-11-19/h10-11,13-14,16-18,22H,2-9,12,15H2,1H3. The Kier molecular flexibility index (Phi) is 6.45. The third-order valence-electron chi connectivity index (χ3n) is 6.25. The van der Waals surface area contributed by atoms with Gasteiger partial charge in [0, 0.05) is 5.92 Å². The number of carbonyl (C=O) groups excluding carboxylic acids is 1. The molecule has 3 rings (SSSR count). The van der Waals surface area contributed by atoms with E-state index in [-0.39, 0.29) is 17.5 Å². The van der Waals surface area contributed by atoms with Crippen LogP contribution in [0.4, 0.5) is 4.39 Å². The minimum Gasteiger partial charge on any atom is -0.294 e. The fraction of sp³-hybridized carbons (Fsp3) is 0.609. The summed E-state index contributed by atoms with van der Waals surface area (Å²) in [7, 11) is 0. The summed E-state index contributed by atoms with van der Waals surface area (Å²) >= 11 is 0. The molecule has 1 aromatic carbocycles. The molecule has 1 saturated carbocycles. The smallest absolute Gasteiger partial charge is 0.163 e. The molecule has 2 heteroatoms. The summed E-state index contributed by atoms with van der Waals surface area (Å²) in [6.07, 6.45) is 14.5. The van der Waals surface area contributed by atoms with Gasteiger partial charge in [0.15, 0.2) is 5.78 Å². The molecule has 1 fully saturated rings. The summed E-state index contributed by atoms with van der Waals surface area (Å²) < 4.78 is 13.1. The molecule has 2 aliphatic carbocycles. The first-order valence-electron chi connectivity index (χ1n) is 10.2. The van der Waals surface area contributed by atoms with Crippen LogP contribution in [-0.2, 0) is 4.79 Å². The summed E-state index contributed by atoms with van der Waals surface area (Å²) in [5.74, 6) is 1.45. The van der Waals surface area contributed by atoms with Crippen LogP contribution in [0.3, 0.4) is 0 Å². The Morgan fingerprint density at radius 3 is 2.36 bits per heavy atom. The Morgan fingerprint density at radius 2 is 1.72 bits per heavy atom. The largest absolute Gasteiger partial charge is 0.294 e. The Hall–Kier alpha value is -1.44. The first-order valence-corrected chi connectivity index (χ1v) is 10.2. The fourth-order valence-corrected chi connectivity index (χ4v) is 4.66. The molecule has 0 aromatic heterocycles. The second-order valence-corrected chi connectivity index (χ2v) is 7.98. The summed E-state index contributed by atoms with van der Waals surface area (Å²) in [6, 6.07) is 6.44. The van der Waals surface area contributed by atoms with E-state index in [9.17, 15) is 9.18 Å². The number of hydrogen-bond acceptors (Lipinski definition) is 1. The summed E-state index contributed by atoms with van der Waals surface area (Å²) in [5, 5.41) is 0. The van der Waals surface area contributed by atoms with Crippen molar-refractivity contribution in [3.05, 3.63) is 47.3 Å². The average molecular weight is 342 g/mol. The topological polar surface area (TPSA) is 17.1 Å². The third-order valence-corrected chi connectivity index (χ3v) is 6.25. The highest BCUT2D eigenvalue weighted by Gasteiger charge is 2.29. The number of allylic oxidation sites excluding steroid dienone is 2. The molecule has 0 heterocycles. The van der Waals surface area contributed by atoms with Gasteiger partial charge in [-0.1, -0.05) is 50.3 Å². The molecule has 25 heavy (non-hydrogen) atoms. The summed E-state index contributed by atoms with van der Waals surface area (Å²) in [4.78, 5) is 12.6. The second kappa shape index (κ2) is 8.78. The Bertz CT molecular complexity index is 593. The maximum absolute atomic E-state index is 13.1. The van der Waals surface area contributed by atoms with Gasteiger partial charge in [-0.05, 0) is 74.1 Å². The van der Waals surface area contributed by atoms with E-state index >= 15 is 0 Å². The molecule has 0 bridgehead atoms. The van der Waals surface area contributed by atoms with Crippen molar-refractivity contribution in [2.24, 2.45) is 11.8 Å². The predicted molar refractivity (Wildman–Crippen MR) is 101 cm³/mol. The van der Waals surface area contributed by atoms with Crippen LogP contribution in [0.2, 0.25) is 0 Å². The van der Waals surface area contributed by atoms with Gasteiger partial charge in [0.05, 0.1) is 0 Å². The van der Waals surface area contributed by atoms with Crippen LogP contribution >= 0.6 is 0 Å². The van der Waals surface area contributed by atoms with Crippen LogP contribution in [-0.4, -0.2) is 5.78 Å². The Morgan fingerprint density at radius 1 is 1.00 bits per heavy atom. The molecule has 0 radical (unpaired) electrons. The first kappa shape index (κ1) is 18.4. The highest BCUT2D eigenvalue weighted by Crippen LogP contribution is 2.40. The predicted octanol–water partition coefficient (Wildman–Crippen LogP) is 6.59. The molecule has 0 spiro atoms.